The summed E-state index contributed by atoms with van der Waals surface area (Å²) >= 11 is 0. The third-order valence-corrected chi connectivity index (χ3v) is 0.667. The smallest absolute Gasteiger partial charge is 0.0623 e. The van der Waals surface area contributed by atoms with Gasteiger partial charge in [-0.3, -0.25) is 0 Å². The van der Waals surface area contributed by atoms with Gasteiger partial charge in [0.15, 0.2) is 0 Å². The van der Waals surface area contributed by atoms with Crippen molar-refractivity contribution in [1.29, 1.82) is 0 Å². The maximum atomic E-state index is 2.00. The molecule has 0 unspecified atom stereocenters. The third kappa shape index (κ3) is 5.98. The third-order valence-electron chi connectivity index (χ3n) is 0.667. The van der Waals surface area contributed by atoms with Crippen LogP contribution in [0.1, 0.15) is 0 Å². The van der Waals surface area contributed by atoms with E-state index in [-0.39, 0.29) is 80.9 Å². The Morgan fingerprint density at radius 1 is 0.500 bits per heavy atom. The average Bonchev–Trinajstić information content (AvgIpc) is 1.72. The molecule has 0 aliphatic heterocycles. The van der Waals surface area contributed by atoms with Gasteiger partial charge in [-0.2, -0.15) is 0 Å². The predicted octanol–water partition coefficient (Wildman–Crippen LogP) is 0.390. The number of hydrogen-bond donors (Lipinski definition) is 0. The van der Waals surface area contributed by atoms with Gasteiger partial charge in [0.2, 0.25) is 0 Å². The molecule has 34 valence electrons. The summed E-state index contributed by atoms with van der Waals surface area (Å²) in [4.78, 5) is 0. The van der Waals surface area contributed by atoms with Gasteiger partial charge >= 0.3 is 80.9 Å². The summed E-state index contributed by atoms with van der Waals surface area (Å²) in [5.74, 6) is 0. The zero-order valence-corrected chi connectivity index (χ0v) is 3.46. The Hall–Kier alpha value is 1.86. The van der Waals surface area contributed by atoms with E-state index >= 15 is 0 Å². The van der Waals surface area contributed by atoms with E-state index < -0.39 is 0 Å². The van der Waals surface area contributed by atoms with E-state index in [2.05, 4.69) is 0 Å². The number of benzene rings is 1. The van der Waals surface area contributed by atoms with Crippen molar-refractivity contribution in [2.24, 2.45) is 0 Å². The molecule has 0 saturated heterocycles. The van der Waals surface area contributed by atoms with Gasteiger partial charge in [-0.1, -0.05) is 36.4 Å². The maximum Gasteiger partial charge on any atom is -0.0623 e. The van der Waals surface area contributed by atoms with Crippen molar-refractivity contribution >= 4 is 80.9 Å². The van der Waals surface area contributed by atoms with Crippen molar-refractivity contribution in [3.63, 3.8) is 0 Å². The van der Waals surface area contributed by atoms with Gasteiger partial charge in [0.05, 0.1) is 0 Å². The molecule has 0 aromatic heterocycles. The first kappa shape index (κ1) is 12.5. The molecular formula is C6H8KNa. The van der Waals surface area contributed by atoms with Crippen LogP contribution in [0.25, 0.3) is 0 Å². The second kappa shape index (κ2) is 8.86. The van der Waals surface area contributed by atoms with Crippen LogP contribution in [0, 0.1) is 0 Å². The minimum atomic E-state index is 0. The van der Waals surface area contributed by atoms with E-state index in [0.29, 0.717) is 0 Å². The molecule has 0 saturated carbocycles. The van der Waals surface area contributed by atoms with E-state index in [1.165, 1.54) is 0 Å². The molecule has 0 nitrogen and oxygen atoms in total. The van der Waals surface area contributed by atoms with E-state index in [0.717, 1.165) is 0 Å². The Balaban J connectivity index is 0. The summed E-state index contributed by atoms with van der Waals surface area (Å²) in [5.41, 5.74) is 0. The average molecular weight is 142 g/mol. The molecule has 8 heavy (non-hydrogen) atoms. The molecule has 2 heteroatoms. The summed E-state index contributed by atoms with van der Waals surface area (Å²) in [6.45, 7) is 0. The van der Waals surface area contributed by atoms with Crippen molar-refractivity contribution in [2.75, 3.05) is 0 Å². The zero-order chi connectivity index (χ0) is 4.24. The summed E-state index contributed by atoms with van der Waals surface area (Å²) in [6.07, 6.45) is 0. The van der Waals surface area contributed by atoms with Crippen LogP contribution in [0.5, 0.6) is 0 Å². The second-order valence-corrected chi connectivity index (χ2v) is 1.15. The first-order valence-corrected chi connectivity index (χ1v) is 2.00. The fourth-order valence-corrected chi connectivity index (χ4v) is 0.385. The molecule has 0 aliphatic carbocycles. The first-order chi connectivity index (χ1) is 3.00. The Morgan fingerprint density at radius 3 is 0.750 bits per heavy atom. The van der Waals surface area contributed by atoms with E-state index in [9.17, 15) is 0 Å². The van der Waals surface area contributed by atoms with Crippen molar-refractivity contribution in [1.82, 2.24) is 0 Å². The zero-order valence-electron chi connectivity index (χ0n) is 3.46. The topological polar surface area (TPSA) is 0 Å². The molecule has 0 radical (unpaired) electrons. The number of rotatable bonds is 0. The molecule has 1 rings (SSSR count). The summed E-state index contributed by atoms with van der Waals surface area (Å²) in [6, 6.07) is 12.0. The number of hydrogen-bond acceptors (Lipinski definition) is 0. The molecule has 0 amide bonds. The molecule has 0 N–H and O–H groups in total. The van der Waals surface area contributed by atoms with Gasteiger partial charge in [0.25, 0.3) is 0 Å². The summed E-state index contributed by atoms with van der Waals surface area (Å²) in [5, 5.41) is 0. The SMILES string of the molecule is [KH].[NaH].c1ccccc1. The quantitative estimate of drug-likeness (QED) is 0.460. The maximum absolute atomic E-state index is 2.00. The van der Waals surface area contributed by atoms with E-state index in [4.69, 9.17) is 0 Å². The Morgan fingerprint density at radius 2 is 0.625 bits per heavy atom. The Kier molecular flexibility index (Phi) is 13.9. The molecule has 0 spiro atoms. The van der Waals surface area contributed by atoms with Crippen molar-refractivity contribution in [3.8, 4) is 0 Å². The fraction of sp³-hybridized carbons (Fsp3) is 0. The molecule has 1 aromatic carbocycles. The van der Waals surface area contributed by atoms with Gasteiger partial charge in [-0.15, -0.1) is 0 Å². The molecular weight excluding hydrogens is 134 g/mol. The minimum absolute atomic E-state index is 0. The monoisotopic (exact) mass is 142 g/mol. The molecule has 0 fully saturated rings. The van der Waals surface area contributed by atoms with Crippen LogP contribution in [0.2, 0.25) is 0 Å². The van der Waals surface area contributed by atoms with Gasteiger partial charge in [0.1, 0.15) is 0 Å². The van der Waals surface area contributed by atoms with Gasteiger partial charge in [0, 0.05) is 0 Å². The van der Waals surface area contributed by atoms with Gasteiger partial charge < -0.3 is 0 Å². The van der Waals surface area contributed by atoms with Crippen LogP contribution in [0.4, 0.5) is 0 Å². The van der Waals surface area contributed by atoms with Crippen molar-refractivity contribution in [3.05, 3.63) is 36.4 Å². The van der Waals surface area contributed by atoms with Gasteiger partial charge in [-0.05, 0) is 0 Å². The van der Waals surface area contributed by atoms with Crippen LogP contribution in [-0.2, 0) is 0 Å². The standard InChI is InChI=1S/C6H6.K.Na.2H/c1-2-4-6-5-3-1;;;;/h1-6H;;;;. The molecule has 0 bridgehead atoms. The first-order valence-electron chi connectivity index (χ1n) is 2.00. The summed E-state index contributed by atoms with van der Waals surface area (Å²) in [7, 11) is 0. The fourth-order valence-electron chi connectivity index (χ4n) is 0.385. The van der Waals surface area contributed by atoms with Crippen LogP contribution in [0.15, 0.2) is 36.4 Å². The van der Waals surface area contributed by atoms with Crippen molar-refractivity contribution < 1.29 is 0 Å². The predicted molar refractivity (Wildman–Crippen MR) is 40.7 cm³/mol. The molecule has 0 heterocycles. The largest absolute Gasteiger partial charge is 0.0623 e. The second-order valence-electron chi connectivity index (χ2n) is 1.15. The minimum Gasteiger partial charge on any atom is -0.0623 e. The normalized spacial score (nSPS) is 6.00. The molecule has 0 atom stereocenters. The van der Waals surface area contributed by atoms with Crippen molar-refractivity contribution in [2.45, 2.75) is 0 Å². The van der Waals surface area contributed by atoms with E-state index in [1.807, 2.05) is 36.4 Å². The van der Waals surface area contributed by atoms with Crippen LogP contribution in [-0.4, -0.2) is 80.9 Å². The van der Waals surface area contributed by atoms with Crippen LogP contribution >= 0.6 is 0 Å². The van der Waals surface area contributed by atoms with Crippen LogP contribution in [0.3, 0.4) is 0 Å². The van der Waals surface area contributed by atoms with Gasteiger partial charge in [-0.25, -0.2) is 0 Å². The molecule has 1 aromatic rings. The molecule has 0 aliphatic rings. The summed E-state index contributed by atoms with van der Waals surface area (Å²) < 4.78 is 0. The van der Waals surface area contributed by atoms with Crippen LogP contribution < -0.4 is 0 Å². The Bertz CT molecular complexity index is 80.5. The Labute approximate surface area is 115 Å². The van der Waals surface area contributed by atoms with E-state index in [1.54, 1.807) is 0 Å².